The smallest absolute Gasteiger partial charge is 0.291 e. The number of aryl methyl sites for hydroxylation is 4. The minimum atomic E-state index is -3.80. The number of carbonyl (C=O) groups excluding carboxylic acids is 1. The number of furan rings is 1. The number of rotatable bonds is 5. The maximum Gasteiger partial charge on any atom is 0.291 e. The molecule has 7 nitrogen and oxygen atoms in total. The monoisotopic (exact) mass is 465 g/mol. The number of hydrazone groups is 1. The predicted molar refractivity (Wildman–Crippen MR) is 128 cm³/mol. The number of benzene rings is 2. The predicted octanol–water partition coefficient (Wildman–Crippen LogP) is 4.78. The molecule has 0 radical (unpaired) electrons. The largest absolute Gasteiger partial charge is 0.455 e. The molecule has 1 aliphatic rings. The molecule has 1 aliphatic carbocycles. The molecule has 3 aromatic rings. The van der Waals surface area contributed by atoms with Gasteiger partial charge in [-0.05, 0) is 75.9 Å². The summed E-state index contributed by atoms with van der Waals surface area (Å²) in [5.74, 6) is 0.524. The Morgan fingerprint density at radius 1 is 0.970 bits per heavy atom. The number of amides is 1. The van der Waals surface area contributed by atoms with E-state index in [1.165, 1.54) is 0 Å². The van der Waals surface area contributed by atoms with Crippen molar-refractivity contribution in [2.24, 2.45) is 5.10 Å². The van der Waals surface area contributed by atoms with E-state index in [9.17, 15) is 13.2 Å². The zero-order valence-corrected chi connectivity index (χ0v) is 20.0. The minimum absolute atomic E-state index is 0.144. The molecule has 2 N–H and O–H groups in total. The number of hydrogen-bond donors (Lipinski definition) is 2. The van der Waals surface area contributed by atoms with Gasteiger partial charge in [-0.25, -0.2) is 0 Å². The van der Waals surface area contributed by atoms with Crippen molar-refractivity contribution >= 4 is 27.3 Å². The Labute approximate surface area is 194 Å². The van der Waals surface area contributed by atoms with Gasteiger partial charge in [-0.15, -0.1) is 0 Å². The van der Waals surface area contributed by atoms with Crippen LogP contribution in [0.5, 0.6) is 0 Å². The number of fused-ring (bicyclic) bond motifs is 1. The molecular weight excluding hydrogens is 438 g/mol. The Hall–Kier alpha value is -3.39. The Morgan fingerprint density at radius 2 is 1.70 bits per heavy atom. The highest BCUT2D eigenvalue weighted by atomic mass is 32.2. The summed E-state index contributed by atoms with van der Waals surface area (Å²) in [5.41, 5.74) is 5.82. The first kappa shape index (κ1) is 22.8. The SMILES string of the molecule is Cc1ccc(S(=O)(=O)N/N=C2\CCCc3oc(C(=O)Nc4ccc(C)c(C)c4)c(C)c32)cc1. The van der Waals surface area contributed by atoms with E-state index in [1.54, 1.807) is 31.2 Å². The lowest BCUT2D eigenvalue weighted by molar-refractivity contribution is 0.0994. The van der Waals surface area contributed by atoms with Crippen molar-refractivity contribution in [3.8, 4) is 0 Å². The lowest BCUT2D eigenvalue weighted by Gasteiger charge is -2.14. The van der Waals surface area contributed by atoms with Crippen molar-refractivity contribution in [2.75, 3.05) is 5.32 Å². The third-order valence-corrected chi connectivity index (χ3v) is 7.15. The third-order valence-electron chi connectivity index (χ3n) is 5.93. The fourth-order valence-corrected chi connectivity index (χ4v) is 4.72. The van der Waals surface area contributed by atoms with Crippen LogP contribution in [0.3, 0.4) is 0 Å². The van der Waals surface area contributed by atoms with E-state index in [0.717, 1.165) is 23.1 Å². The summed E-state index contributed by atoms with van der Waals surface area (Å²) in [6.45, 7) is 7.69. The summed E-state index contributed by atoms with van der Waals surface area (Å²) in [7, 11) is -3.80. The van der Waals surface area contributed by atoms with Crippen LogP contribution in [0.2, 0.25) is 0 Å². The molecule has 0 saturated carbocycles. The van der Waals surface area contributed by atoms with E-state index >= 15 is 0 Å². The Kier molecular flexibility index (Phi) is 6.12. The first-order valence-electron chi connectivity index (χ1n) is 10.8. The molecule has 172 valence electrons. The van der Waals surface area contributed by atoms with Crippen LogP contribution >= 0.6 is 0 Å². The maximum atomic E-state index is 12.9. The second kappa shape index (κ2) is 8.86. The first-order chi connectivity index (χ1) is 15.7. The molecular formula is C25H27N3O4S. The van der Waals surface area contributed by atoms with Crippen molar-refractivity contribution in [1.29, 1.82) is 0 Å². The summed E-state index contributed by atoms with van der Waals surface area (Å²) < 4.78 is 31.2. The molecule has 0 unspecified atom stereocenters. The molecule has 8 heteroatoms. The average Bonchev–Trinajstić information content (AvgIpc) is 3.12. The molecule has 2 aromatic carbocycles. The number of carbonyl (C=O) groups is 1. The zero-order chi connectivity index (χ0) is 23.8. The van der Waals surface area contributed by atoms with Crippen molar-refractivity contribution in [3.05, 3.63) is 81.8 Å². The molecule has 4 rings (SSSR count). The van der Waals surface area contributed by atoms with Gasteiger partial charge in [0.1, 0.15) is 5.76 Å². The van der Waals surface area contributed by atoms with Crippen LogP contribution < -0.4 is 10.1 Å². The highest BCUT2D eigenvalue weighted by molar-refractivity contribution is 7.89. The first-order valence-corrected chi connectivity index (χ1v) is 12.3. The fraction of sp³-hybridized carbons (Fsp3) is 0.280. The highest BCUT2D eigenvalue weighted by Gasteiger charge is 2.28. The summed E-state index contributed by atoms with van der Waals surface area (Å²) in [6, 6.07) is 12.3. The van der Waals surface area contributed by atoms with Crippen molar-refractivity contribution in [1.82, 2.24) is 4.83 Å². The van der Waals surface area contributed by atoms with Gasteiger partial charge in [0.25, 0.3) is 15.9 Å². The molecule has 0 bridgehead atoms. The van der Waals surface area contributed by atoms with Crippen molar-refractivity contribution in [3.63, 3.8) is 0 Å². The summed E-state index contributed by atoms with van der Waals surface area (Å²) in [4.78, 5) is 15.4. The van der Waals surface area contributed by atoms with Gasteiger partial charge in [-0.1, -0.05) is 23.8 Å². The Balaban J connectivity index is 1.60. The van der Waals surface area contributed by atoms with Gasteiger partial charge in [-0.3, -0.25) is 4.79 Å². The van der Waals surface area contributed by atoms with E-state index in [-0.39, 0.29) is 16.6 Å². The molecule has 0 fully saturated rings. The number of sulfonamides is 1. The molecule has 1 amide bonds. The van der Waals surface area contributed by atoms with Crippen LogP contribution in [0.1, 0.15) is 57.0 Å². The summed E-state index contributed by atoms with van der Waals surface area (Å²) in [6.07, 6.45) is 2.00. The third kappa shape index (κ3) is 4.71. The number of hydrogen-bond acceptors (Lipinski definition) is 5. The highest BCUT2D eigenvalue weighted by Crippen LogP contribution is 2.30. The van der Waals surface area contributed by atoms with E-state index in [1.807, 2.05) is 39.0 Å². The Bertz CT molecular complexity index is 1350. The molecule has 0 aliphatic heterocycles. The fourth-order valence-electron chi connectivity index (χ4n) is 3.89. The normalized spacial score (nSPS) is 14.7. The van der Waals surface area contributed by atoms with E-state index in [0.29, 0.717) is 41.1 Å². The van der Waals surface area contributed by atoms with E-state index in [4.69, 9.17) is 4.42 Å². The Morgan fingerprint density at radius 3 is 2.39 bits per heavy atom. The van der Waals surface area contributed by atoms with Crippen LogP contribution in [0.4, 0.5) is 5.69 Å². The molecule has 0 spiro atoms. The second-order valence-corrected chi connectivity index (χ2v) is 10.1. The summed E-state index contributed by atoms with van der Waals surface area (Å²) >= 11 is 0. The van der Waals surface area contributed by atoms with Crippen LogP contribution in [0, 0.1) is 27.7 Å². The second-order valence-electron chi connectivity index (χ2n) is 8.43. The zero-order valence-electron chi connectivity index (χ0n) is 19.2. The number of nitrogens with one attached hydrogen (secondary N) is 2. The van der Waals surface area contributed by atoms with Crippen LogP contribution in [0.15, 0.2) is 56.9 Å². The molecule has 0 atom stereocenters. The van der Waals surface area contributed by atoms with Gasteiger partial charge >= 0.3 is 0 Å². The van der Waals surface area contributed by atoms with Gasteiger partial charge < -0.3 is 9.73 Å². The maximum absolute atomic E-state index is 12.9. The molecule has 1 aromatic heterocycles. The van der Waals surface area contributed by atoms with E-state index in [2.05, 4.69) is 15.2 Å². The van der Waals surface area contributed by atoms with Crippen LogP contribution in [0.25, 0.3) is 0 Å². The topological polar surface area (TPSA) is 101 Å². The van der Waals surface area contributed by atoms with Gasteiger partial charge in [0.15, 0.2) is 5.76 Å². The van der Waals surface area contributed by atoms with Crippen molar-refractivity contribution in [2.45, 2.75) is 51.9 Å². The average molecular weight is 466 g/mol. The summed E-state index contributed by atoms with van der Waals surface area (Å²) in [5, 5.41) is 7.11. The minimum Gasteiger partial charge on any atom is -0.455 e. The quantitative estimate of drug-likeness (QED) is 0.529. The van der Waals surface area contributed by atoms with Crippen LogP contribution in [-0.4, -0.2) is 20.0 Å². The number of nitrogens with zero attached hydrogens (tertiary/aromatic N) is 1. The van der Waals surface area contributed by atoms with Gasteiger partial charge in [-0.2, -0.15) is 18.4 Å². The lowest BCUT2D eigenvalue weighted by atomic mass is 9.93. The number of anilines is 1. The van der Waals surface area contributed by atoms with E-state index < -0.39 is 10.0 Å². The molecule has 33 heavy (non-hydrogen) atoms. The molecule has 0 saturated heterocycles. The van der Waals surface area contributed by atoms with Gasteiger partial charge in [0.2, 0.25) is 0 Å². The van der Waals surface area contributed by atoms with Gasteiger partial charge in [0.05, 0.1) is 10.6 Å². The standard InChI is InChI=1S/C25H27N3O4S/c1-15-8-12-20(13-9-15)33(30,31)28-27-21-6-5-7-22-23(21)18(4)24(32-22)25(29)26-19-11-10-16(2)17(3)14-19/h8-14,28H,5-7H2,1-4H3,(H,26,29)/b27-21+. The van der Waals surface area contributed by atoms with Crippen LogP contribution in [-0.2, 0) is 16.4 Å². The van der Waals surface area contributed by atoms with Gasteiger partial charge in [0, 0.05) is 23.2 Å². The molecule has 1 heterocycles. The lowest BCUT2D eigenvalue weighted by Crippen LogP contribution is -2.22. The van der Waals surface area contributed by atoms with Crippen molar-refractivity contribution < 1.29 is 17.6 Å².